The first-order chi connectivity index (χ1) is 15.5. The van der Waals surface area contributed by atoms with Gasteiger partial charge in [-0.1, -0.05) is 55.3 Å². The monoisotopic (exact) mass is 453 g/mol. The lowest BCUT2D eigenvalue weighted by atomic mass is 9.91. The minimum Gasteiger partial charge on any atom is -0.463 e. The summed E-state index contributed by atoms with van der Waals surface area (Å²) in [4.78, 5) is 32.7. The maximum Gasteiger partial charge on any atom is 0.338 e. The minimum absolute atomic E-state index is 0.0255. The molecule has 1 saturated carbocycles. The van der Waals surface area contributed by atoms with Gasteiger partial charge in [-0.25, -0.2) is 9.79 Å². The third kappa shape index (κ3) is 4.63. The topological polar surface area (TPSA) is 71.0 Å². The standard InChI is InChI=1S/C25H31N3O3S/c1-4-31-24(30)22-17(3)26-25-28(23(22)20-13-9-8-10-16(20)2)19(15-32-25)14-21(29)27-18-11-6-5-7-12-18/h8-10,13,15,18,23H,4-7,11-12,14H2,1-3H3,(H,27,29). The smallest absolute Gasteiger partial charge is 0.338 e. The lowest BCUT2D eigenvalue weighted by Gasteiger charge is -2.37. The number of esters is 1. The van der Waals surface area contributed by atoms with Crippen LogP contribution in [0.15, 0.2) is 51.6 Å². The number of aliphatic imine (C=N–C) groups is 1. The third-order valence-corrected chi connectivity index (χ3v) is 7.18. The van der Waals surface area contributed by atoms with E-state index in [9.17, 15) is 9.59 Å². The SMILES string of the molecule is CCOC(=O)C1=C(C)N=C2SC=C(CC(=O)NC3CCCCC3)N2C1c1ccccc1C. The Balaban J connectivity index is 1.64. The van der Waals surface area contributed by atoms with Crippen molar-refractivity contribution in [3.8, 4) is 0 Å². The number of rotatable bonds is 6. The van der Waals surface area contributed by atoms with Crippen LogP contribution in [0.1, 0.15) is 69.5 Å². The highest BCUT2D eigenvalue weighted by molar-refractivity contribution is 8.16. The second-order valence-corrected chi connectivity index (χ2v) is 9.39. The number of thioether (sulfide) groups is 1. The number of hydrogen-bond acceptors (Lipinski definition) is 6. The molecule has 0 radical (unpaired) electrons. The highest BCUT2D eigenvalue weighted by Crippen LogP contribution is 2.45. The van der Waals surface area contributed by atoms with E-state index in [2.05, 4.69) is 5.32 Å². The van der Waals surface area contributed by atoms with Crippen molar-refractivity contribution in [3.63, 3.8) is 0 Å². The van der Waals surface area contributed by atoms with Gasteiger partial charge in [0.1, 0.15) is 0 Å². The molecule has 2 heterocycles. The molecule has 1 unspecified atom stereocenters. The average Bonchev–Trinajstić information content (AvgIpc) is 3.16. The van der Waals surface area contributed by atoms with Crippen LogP contribution in [0.5, 0.6) is 0 Å². The number of benzene rings is 1. The molecule has 0 saturated heterocycles. The van der Waals surface area contributed by atoms with Gasteiger partial charge in [-0.3, -0.25) is 4.79 Å². The molecule has 1 aromatic rings. The van der Waals surface area contributed by atoms with Crippen LogP contribution in [-0.2, 0) is 14.3 Å². The summed E-state index contributed by atoms with van der Waals surface area (Å²) in [6.45, 7) is 6.01. The van der Waals surface area contributed by atoms with Crippen molar-refractivity contribution in [3.05, 3.63) is 57.8 Å². The lowest BCUT2D eigenvalue weighted by Crippen LogP contribution is -2.40. The molecule has 3 aliphatic rings. The van der Waals surface area contributed by atoms with Crippen molar-refractivity contribution < 1.29 is 14.3 Å². The summed E-state index contributed by atoms with van der Waals surface area (Å²) in [5.41, 5.74) is 4.16. The number of hydrogen-bond donors (Lipinski definition) is 1. The highest BCUT2D eigenvalue weighted by atomic mass is 32.2. The molecule has 4 rings (SSSR count). The fourth-order valence-electron chi connectivity index (χ4n) is 4.72. The van der Waals surface area contributed by atoms with Crippen molar-refractivity contribution >= 4 is 28.8 Å². The van der Waals surface area contributed by atoms with Gasteiger partial charge >= 0.3 is 5.97 Å². The first-order valence-electron chi connectivity index (χ1n) is 11.5. The van der Waals surface area contributed by atoms with E-state index in [-0.39, 0.29) is 30.4 Å². The van der Waals surface area contributed by atoms with E-state index < -0.39 is 0 Å². The summed E-state index contributed by atoms with van der Waals surface area (Å²) < 4.78 is 5.41. The Morgan fingerprint density at radius 3 is 2.66 bits per heavy atom. The quantitative estimate of drug-likeness (QED) is 0.616. The Bertz CT molecular complexity index is 992. The molecule has 1 aliphatic carbocycles. The summed E-state index contributed by atoms with van der Waals surface area (Å²) in [6, 6.07) is 7.95. The number of nitrogens with one attached hydrogen (secondary N) is 1. The average molecular weight is 454 g/mol. The van der Waals surface area contributed by atoms with Crippen molar-refractivity contribution in [1.82, 2.24) is 10.2 Å². The molecule has 0 aromatic heterocycles. The number of ether oxygens (including phenoxy) is 1. The van der Waals surface area contributed by atoms with Crippen LogP contribution >= 0.6 is 11.8 Å². The van der Waals surface area contributed by atoms with Gasteiger partial charge in [0.25, 0.3) is 0 Å². The van der Waals surface area contributed by atoms with Crippen LogP contribution in [0.2, 0.25) is 0 Å². The summed E-state index contributed by atoms with van der Waals surface area (Å²) in [5, 5.41) is 6.00. The molecule has 170 valence electrons. The van der Waals surface area contributed by atoms with Gasteiger partial charge in [0.05, 0.1) is 30.3 Å². The zero-order valence-corrected chi connectivity index (χ0v) is 19.8. The molecular formula is C25H31N3O3S. The summed E-state index contributed by atoms with van der Waals surface area (Å²) >= 11 is 1.51. The van der Waals surface area contributed by atoms with E-state index >= 15 is 0 Å². The molecule has 0 spiro atoms. The lowest BCUT2D eigenvalue weighted by molar-refractivity contribution is -0.139. The summed E-state index contributed by atoms with van der Waals surface area (Å²) in [6.07, 6.45) is 5.97. The van der Waals surface area contributed by atoms with E-state index in [1.807, 2.05) is 48.4 Å². The molecule has 1 N–H and O–H groups in total. The second kappa shape index (κ2) is 9.94. The Hall–Kier alpha value is -2.54. The Kier molecular flexibility index (Phi) is 7.04. The predicted octanol–water partition coefficient (Wildman–Crippen LogP) is 4.97. The number of aryl methyl sites for hydroxylation is 1. The maximum atomic E-state index is 13.0. The summed E-state index contributed by atoms with van der Waals surface area (Å²) in [7, 11) is 0. The largest absolute Gasteiger partial charge is 0.463 e. The number of nitrogens with zero attached hydrogens (tertiary/aromatic N) is 2. The molecule has 1 amide bonds. The predicted molar refractivity (Wildman–Crippen MR) is 128 cm³/mol. The van der Waals surface area contributed by atoms with Crippen LogP contribution in [0, 0.1) is 6.92 Å². The zero-order valence-electron chi connectivity index (χ0n) is 19.0. The Morgan fingerprint density at radius 2 is 1.94 bits per heavy atom. The zero-order chi connectivity index (χ0) is 22.7. The Morgan fingerprint density at radius 1 is 1.19 bits per heavy atom. The van der Waals surface area contributed by atoms with Crippen molar-refractivity contribution in [2.75, 3.05) is 6.61 Å². The third-order valence-electron chi connectivity index (χ3n) is 6.29. The number of amidine groups is 1. The molecule has 1 atom stereocenters. The first kappa shape index (κ1) is 22.6. The van der Waals surface area contributed by atoms with Crippen molar-refractivity contribution in [2.45, 2.75) is 71.4 Å². The number of amides is 1. The summed E-state index contributed by atoms with van der Waals surface area (Å²) in [5.74, 6) is -0.332. The van der Waals surface area contributed by atoms with E-state index in [0.717, 1.165) is 34.8 Å². The van der Waals surface area contributed by atoms with Gasteiger partial charge in [-0.15, -0.1) is 0 Å². The van der Waals surface area contributed by atoms with Crippen molar-refractivity contribution in [2.24, 2.45) is 4.99 Å². The van der Waals surface area contributed by atoms with Crippen LogP contribution in [0.4, 0.5) is 0 Å². The molecule has 6 nitrogen and oxygen atoms in total. The van der Waals surface area contributed by atoms with Crippen LogP contribution < -0.4 is 5.32 Å². The second-order valence-electron chi connectivity index (χ2n) is 8.55. The molecule has 7 heteroatoms. The van der Waals surface area contributed by atoms with Gasteiger partial charge < -0.3 is 15.0 Å². The van der Waals surface area contributed by atoms with Gasteiger partial charge in [0.15, 0.2) is 5.17 Å². The molecule has 32 heavy (non-hydrogen) atoms. The van der Waals surface area contributed by atoms with Gasteiger partial charge in [-0.05, 0) is 50.1 Å². The fraction of sp³-hybridized carbons (Fsp3) is 0.480. The number of carbonyl (C=O) groups is 2. The molecule has 1 fully saturated rings. The van der Waals surface area contributed by atoms with Gasteiger partial charge in [-0.2, -0.15) is 0 Å². The number of fused-ring (bicyclic) bond motifs is 1. The molecular weight excluding hydrogens is 422 g/mol. The normalized spacial score (nSPS) is 21.1. The van der Waals surface area contributed by atoms with Crippen LogP contribution in [0.3, 0.4) is 0 Å². The number of allylic oxidation sites excluding steroid dienone is 1. The van der Waals surface area contributed by atoms with E-state index in [0.29, 0.717) is 17.9 Å². The maximum absolute atomic E-state index is 13.0. The van der Waals surface area contributed by atoms with Crippen molar-refractivity contribution in [1.29, 1.82) is 0 Å². The first-order valence-corrected chi connectivity index (χ1v) is 12.3. The van der Waals surface area contributed by atoms with Crippen LogP contribution in [-0.4, -0.2) is 34.6 Å². The molecule has 0 bridgehead atoms. The minimum atomic E-state index is -0.369. The molecule has 2 aliphatic heterocycles. The fourth-order valence-corrected chi connectivity index (χ4v) is 5.68. The van der Waals surface area contributed by atoms with Crippen LogP contribution in [0.25, 0.3) is 0 Å². The van der Waals surface area contributed by atoms with E-state index in [4.69, 9.17) is 9.73 Å². The number of carbonyl (C=O) groups excluding carboxylic acids is 2. The highest BCUT2D eigenvalue weighted by Gasteiger charge is 2.41. The van der Waals surface area contributed by atoms with Gasteiger partial charge in [0.2, 0.25) is 5.91 Å². The van der Waals surface area contributed by atoms with E-state index in [1.54, 1.807) is 6.92 Å². The van der Waals surface area contributed by atoms with E-state index in [1.165, 1.54) is 31.0 Å². The Labute approximate surface area is 194 Å². The molecule has 1 aromatic carbocycles. The van der Waals surface area contributed by atoms with Gasteiger partial charge in [0, 0.05) is 11.7 Å².